The van der Waals surface area contributed by atoms with Crippen molar-refractivity contribution in [2.75, 3.05) is 11.9 Å². The Hall–Kier alpha value is -1.53. The van der Waals surface area contributed by atoms with Gasteiger partial charge in [-0.15, -0.1) is 11.3 Å². The second-order valence-corrected chi connectivity index (χ2v) is 5.47. The van der Waals surface area contributed by atoms with Crippen molar-refractivity contribution in [1.29, 1.82) is 0 Å². The number of aromatic nitrogens is 3. The molecular formula is C13H19N5S. The van der Waals surface area contributed by atoms with Gasteiger partial charge in [0.1, 0.15) is 5.82 Å². The summed E-state index contributed by atoms with van der Waals surface area (Å²) in [6.45, 7) is 5.31. The molecule has 2 rings (SSSR count). The number of hydrogen-bond acceptors (Lipinski definition) is 6. The summed E-state index contributed by atoms with van der Waals surface area (Å²) in [4.78, 5) is 15.3. The van der Waals surface area contributed by atoms with Crippen molar-refractivity contribution in [3.05, 3.63) is 34.3 Å². The summed E-state index contributed by atoms with van der Waals surface area (Å²) in [6, 6.07) is 0. The second kappa shape index (κ2) is 6.08. The minimum atomic E-state index is 0.309. The number of nitrogens with zero attached hydrogens (tertiary/aromatic N) is 4. The zero-order chi connectivity index (χ0) is 13.8. The van der Waals surface area contributed by atoms with Gasteiger partial charge in [0.15, 0.2) is 0 Å². The normalized spacial score (nSPS) is 11.0. The lowest BCUT2D eigenvalue weighted by atomic mass is 10.2. The molecule has 102 valence electrons. The van der Waals surface area contributed by atoms with Gasteiger partial charge >= 0.3 is 0 Å². The molecule has 0 aromatic carbocycles. The van der Waals surface area contributed by atoms with Crippen LogP contribution in [0, 0.1) is 0 Å². The van der Waals surface area contributed by atoms with Crippen LogP contribution >= 0.6 is 11.3 Å². The molecule has 0 aliphatic carbocycles. The highest BCUT2D eigenvalue weighted by Crippen LogP contribution is 2.20. The van der Waals surface area contributed by atoms with E-state index in [2.05, 4.69) is 33.7 Å². The van der Waals surface area contributed by atoms with Gasteiger partial charge in [-0.25, -0.2) is 15.0 Å². The highest BCUT2D eigenvalue weighted by atomic mass is 32.1. The van der Waals surface area contributed by atoms with Crippen molar-refractivity contribution in [3.63, 3.8) is 0 Å². The fourth-order valence-electron chi connectivity index (χ4n) is 1.82. The molecule has 2 aromatic heterocycles. The Morgan fingerprint density at radius 2 is 2.16 bits per heavy atom. The quantitative estimate of drug-likeness (QED) is 0.907. The van der Waals surface area contributed by atoms with E-state index in [0.29, 0.717) is 12.5 Å². The van der Waals surface area contributed by atoms with Crippen molar-refractivity contribution in [2.45, 2.75) is 32.9 Å². The molecular weight excluding hydrogens is 258 g/mol. The molecule has 0 unspecified atom stereocenters. The highest BCUT2D eigenvalue weighted by molar-refractivity contribution is 7.07. The van der Waals surface area contributed by atoms with Gasteiger partial charge < -0.3 is 10.6 Å². The average Bonchev–Trinajstić information content (AvgIpc) is 2.90. The maximum atomic E-state index is 5.80. The molecule has 0 bridgehead atoms. The van der Waals surface area contributed by atoms with E-state index in [1.165, 1.54) is 0 Å². The first-order valence-corrected chi connectivity index (χ1v) is 7.20. The molecule has 0 aliphatic heterocycles. The van der Waals surface area contributed by atoms with E-state index in [0.717, 1.165) is 29.4 Å². The lowest BCUT2D eigenvalue weighted by molar-refractivity contribution is 0.747. The first kappa shape index (κ1) is 13.9. The van der Waals surface area contributed by atoms with Crippen LogP contribution in [0.15, 0.2) is 17.1 Å². The monoisotopic (exact) mass is 277 g/mol. The molecule has 2 heterocycles. The molecule has 0 amide bonds. The summed E-state index contributed by atoms with van der Waals surface area (Å²) in [5.74, 6) is 1.15. The van der Waals surface area contributed by atoms with E-state index in [1.54, 1.807) is 11.3 Å². The number of nitrogens with two attached hydrogens (primary N) is 1. The van der Waals surface area contributed by atoms with Gasteiger partial charge in [0.05, 0.1) is 35.3 Å². The van der Waals surface area contributed by atoms with Crippen LogP contribution in [0.3, 0.4) is 0 Å². The molecule has 19 heavy (non-hydrogen) atoms. The van der Waals surface area contributed by atoms with Gasteiger partial charge in [-0.2, -0.15) is 0 Å². The third-order valence-electron chi connectivity index (χ3n) is 2.87. The third-order valence-corrected chi connectivity index (χ3v) is 3.50. The number of hydrogen-bond donors (Lipinski definition) is 1. The number of thiazole rings is 1. The van der Waals surface area contributed by atoms with E-state index in [1.807, 2.05) is 24.1 Å². The van der Waals surface area contributed by atoms with E-state index >= 15 is 0 Å². The molecule has 0 saturated heterocycles. The largest absolute Gasteiger partial charge is 0.366 e. The predicted octanol–water partition coefficient (Wildman–Crippen LogP) is 2.15. The average molecular weight is 277 g/mol. The van der Waals surface area contributed by atoms with Crippen LogP contribution in [0.5, 0.6) is 0 Å². The molecule has 0 spiro atoms. The van der Waals surface area contributed by atoms with Crippen molar-refractivity contribution < 1.29 is 0 Å². The Bertz CT molecular complexity index is 524. The second-order valence-electron chi connectivity index (χ2n) is 4.75. The van der Waals surface area contributed by atoms with E-state index in [4.69, 9.17) is 5.73 Å². The van der Waals surface area contributed by atoms with Gasteiger partial charge in [0.25, 0.3) is 0 Å². The first-order chi connectivity index (χ1) is 9.11. The van der Waals surface area contributed by atoms with Crippen LogP contribution in [-0.4, -0.2) is 22.0 Å². The van der Waals surface area contributed by atoms with E-state index in [9.17, 15) is 0 Å². The summed E-state index contributed by atoms with van der Waals surface area (Å²) in [5.41, 5.74) is 10.5. The Kier molecular flexibility index (Phi) is 4.44. The van der Waals surface area contributed by atoms with Gasteiger partial charge in [0, 0.05) is 24.9 Å². The summed E-state index contributed by atoms with van der Waals surface area (Å²) >= 11 is 1.60. The van der Waals surface area contributed by atoms with Gasteiger partial charge in [-0.3, -0.25) is 0 Å². The third kappa shape index (κ3) is 3.27. The molecule has 0 radical (unpaired) electrons. The summed E-state index contributed by atoms with van der Waals surface area (Å²) in [5, 5.41) is 2.04. The van der Waals surface area contributed by atoms with Crippen molar-refractivity contribution in [2.24, 2.45) is 5.73 Å². The van der Waals surface area contributed by atoms with Gasteiger partial charge in [-0.05, 0) is 0 Å². The Labute approximate surface area is 117 Å². The Balaban J connectivity index is 2.23. The van der Waals surface area contributed by atoms with Crippen molar-refractivity contribution >= 4 is 17.0 Å². The summed E-state index contributed by atoms with van der Waals surface area (Å²) < 4.78 is 0. The molecule has 0 aliphatic rings. The number of rotatable bonds is 5. The fourth-order valence-corrected chi connectivity index (χ4v) is 2.37. The van der Waals surface area contributed by atoms with Crippen LogP contribution in [0.25, 0.3) is 0 Å². The molecule has 0 atom stereocenters. The maximum Gasteiger partial charge on any atom is 0.131 e. The fraction of sp³-hybridized carbons (Fsp3) is 0.462. The zero-order valence-electron chi connectivity index (χ0n) is 11.5. The van der Waals surface area contributed by atoms with Crippen LogP contribution < -0.4 is 10.6 Å². The van der Waals surface area contributed by atoms with Crippen molar-refractivity contribution in [1.82, 2.24) is 15.0 Å². The minimum absolute atomic E-state index is 0.309. The predicted molar refractivity (Wildman–Crippen MR) is 78.2 cm³/mol. The first-order valence-electron chi connectivity index (χ1n) is 6.26. The summed E-state index contributed by atoms with van der Waals surface area (Å²) in [7, 11) is 2.01. The van der Waals surface area contributed by atoms with E-state index < -0.39 is 0 Å². The van der Waals surface area contributed by atoms with Gasteiger partial charge in [-0.1, -0.05) is 13.8 Å². The minimum Gasteiger partial charge on any atom is -0.366 e. The van der Waals surface area contributed by atoms with E-state index in [-0.39, 0.29) is 0 Å². The molecule has 0 saturated carbocycles. The Morgan fingerprint density at radius 1 is 1.37 bits per heavy atom. The smallest absolute Gasteiger partial charge is 0.131 e. The van der Waals surface area contributed by atoms with Crippen LogP contribution in [0.4, 0.5) is 5.69 Å². The lowest BCUT2D eigenvalue weighted by Crippen LogP contribution is -2.21. The molecule has 2 N–H and O–H groups in total. The maximum absolute atomic E-state index is 5.80. The lowest BCUT2D eigenvalue weighted by Gasteiger charge is -2.21. The Morgan fingerprint density at radius 3 is 2.74 bits per heavy atom. The van der Waals surface area contributed by atoms with Gasteiger partial charge in [0.2, 0.25) is 0 Å². The number of anilines is 1. The molecule has 0 fully saturated rings. The molecule has 6 heteroatoms. The van der Waals surface area contributed by atoms with Crippen LogP contribution in [-0.2, 0) is 13.1 Å². The highest BCUT2D eigenvalue weighted by Gasteiger charge is 2.12. The van der Waals surface area contributed by atoms with Crippen LogP contribution in [0.2, 0.25) is 0 Å². The van der Waals surface area contributed by atoms with Crippen LogP contribution in [0.1, 0.15) is 37.0 Å². The zero-order valence-corrected chi connectivity index (χ0v) is 12.3. The molecule has 2 aromatic rings. The SMILES string of the molecule is CC(C)c1ncc(N(C)Cc2cscn2)c(CN)n1. The molecule has 5 nitrogen and oxygen atoms in total. The summed E-state index contributed by atoms with van der Waals surface area (Å²) in [6.07, 6.45) is 1.86. The van der Waals surface area contributed by atoms with Crippen molar-refractivity contribution in [3.8, 4) is 0 Å². The standard InChI is InChI=1S/C13H19N5S/c1-9(2)13-15-5-12(11(4-14)17-13)18(3)6-10-7-19-8-16-10/h5,7-9H,4,6,14H2,1-3H3. The topological polar surface area (TPSA) is 67.9 Å².